The zero-order valence-electron chi connectivity index (χ0n) is 11.3. The van der Waals surface area contributed by atoms with E-state index in [1.807, 2.05) is 6.92 Å². The molecule has 8 heteroatoms. The molecule has 3 rings (SSSR count). The number of hydrogen-bond donors (Lipinski definition) is 3. The summed E-state index contributed by atoms with van der Waals surface area (Å²) >= 11 is 0. The summed E-state index contributed by atoms with van der Waals surface area (Å²) in [5.41, 5.74) is -0.293. The predicted octanol–water partition coefficient (Wildman–Crippen LogP) is -0.165. The first-order valence-corrected chi connectivity index (χ1v) is 8.48. The van der Waals surface area contributed by atoms with E-state index in [-0.39, 0.29) is 23.9 Å². The zero-order chi connectivity index (χ0) is 14.5. The summed E-state index contributed by atoms with van der Waals surface area (Å²) in [6.45, 7) is 1.89. The Labute approximate surface area is 117 Å². The van der Waals surface area contributed by atoms with Crippen molar-refractivity contribution in [2.24, 2.45) is 5.92 Å². The number of carbonyl (C=O) groups excluding carboxylic acids is 2. The van der Waals surface area contributed by atoms with Crippen LogP contribution in [-0.2, 0) is 14.8 Å². The summed E-state index contributed by atoms with van der Waals surface area (Å²) in [7, 11) is -3.41. The van der Waals surface area contributed by atoms with E-state index in [2.05, 4.69) is 15.4 Å². The second-order valence-electron chi connectivity index (χ2n) is 6.32. The molecule has 2 saturated carbocycles. The lowest BCUT2D eigenvalue weighted by atomic mass is 9.82. The topological polar surface area (TPSA) is 104 Å². The van der Waals surface area contributed by atoms with Gasteiger partial charge in [-0.3, -0.25) is 10.1 Å². The van der Waals surface area contributed by atoms with Gasteiger partial charge in [-0.2, -0.15) is 0 Å². The average molecular weight is 301 g/mol. The van der Waals surface area contributed by atoms with Crippen LogP contribution in [-0.4, -0.2) is 37.2 Å². The van der Waals surface area contributed by atoms with Crippen molar-refractivity contribution in [1.82, 2.24) is 15.4 Å². The Kier molecular flexibility index (Phi) is 3.06. The first-order chi connectivity index (χ1) is 9.29. The van der Waals surface area contributed by atoms with Gasteiger partial charge in [0.05, 0.1) is 11.2 Å². The summed E-state index contributed by atoms with van der Waals surface area (Å²) in [6.07, 6.45) is 2.98. The molecule has 2 aliphatic carbocycles. The van der Waals surface area contributed by atoms with Crippen LogP contribution >= 0.6 is 0 Å². The van der Waals surface area contributed by atoms with Crippen LogP contribution in [0.2, 0.25) is 0 Å². The van der Waals surface area contributed by atoms with Crippen LogP contribution in [0.15, 0.2) is 0 Å². The normalized spacial score (nSPS) is 35.8. The third kappa shape index (κ3) is 2.54. The molecule has 3 aliphatic rings. The molecule has 1 aliphatic heterocycles. The van der Waals surface area contributed by atoms with Gasteiger partial charge in [-0.25, -0.2) is 17.9 Å². The minimum Gasteiger partial charge on any atom is -0.334 e. The first-order valence-electron chi connectivity index (χ1n) is 6.93. The maximum atomic E-state index is 12.4. The fraction of sp³-hybridized carbons (Fsp3) is 0.833. The first kappa shape index (κ1) is 13.8. The summed E-state index contributed by atoms with van der Waals surface area (Å²) < 4.78 is 27.5. The molecule has 3 amide bonds. The molecule has 0 spiro atoms. The van der Waals surface area contributed by atoms with Crippen molar-refractivity contribution in [1.29, 1.82) is 0 Å². The number of fused-ring (bicyclic) bond motifs is 1. The Morgan fingerprint density at radius 3 is 2.60 bits per heavy atom. The van der Waals surface area contributed by atoms with Gasteiger partial charge in [0, 0.05) is 11.6 Å². The van der Waals surface area contributed by atoms with E-state index in [1.54, 1.807) is 0 Å². The van der Waals surface area contributed by atoms with Crippen LogP contribution in [0, 0.1) is 5.92 Å². The van der Waals surface area contributed by atoms with E-state index < -0.39 is 27.2 Å². The van der Waals surface area contributed by atoms with E-state index in [0.29, 0.717) is 12.8 Å². The van der Waals surface area contributed by atoms with E-state index >= 15 is 0 Å². The number of imide groups is 1. The van der Waals surface area contributed by atoms with Crippen LogP contribution in [0.3, 0.4) is 0 Å². The fourth-order valence-electron chi connectivity index (χ4n) is 3.00. The van der Waals surface area contributed by atoms with Crippen molar-refractivity contribution in [3.63, 3.8) is 0 Å². The smallest absolute Gasteiger partial charge is 0.321 e. The third-order valence-corrected chi connectivity index (χ3v) is 6.60. The molecule has 3 N–H and O–H groups in total. The molecule has 0 aromatic carbocycles. The maximum absolute atomic E-state index is 12.4. The highest BCUT2D eigenvalue weighted by Gasteiger charge is 2.47. The molecule has 0 radical (unpaired) electrons. The predicted molar refractivity (Wildman–Crippen MR) is 71.3 cm³/mol. The minimum absolute atomic E-state index is 0.237. The van der Waals surface area contributed by atoms with Gasteiger partial charge in [-0.05, 0) is 39.0 Å². The van der Waals surface area contributed by atoms with Gasteiger partial charge in [-0.15, -0.1) is 0 Å². The lowest BCUT2D eigenvalue weighted by Gasteiger charge is -2.38. The van der Waals surface area contributed by atoms with Crippen molar-refractivity contribution in [2.75, 3.05) is 0 Å². The number of rotatable bonds is 3. The van der Waals surface area contributed by atoms with Crippen LogP contribution < -0.4 is 15.4 Å². The lowest BCUT2D eigenvalue weighted by molar-refractivity contribution is -0.126. The molecule has 3 atom stereocenters. The van der Waals surface area contributed by atoms with E-state index in [9.17, 15) is 18.0 Å². The maximum Gasteiger partial charge on any atom is 0.321 e. The number of urea groups is 1. The molecule has 7 nitrogen and oxygen atoms in total. The zero-order valence-corrected chi connectivity index (χ0v) is 12.1. The van der Waals surface area contributed by atoms with Crippen LogP contribution in [0.25, 0.3) is 0 Å². The van der Waals surface area contributed by atoms with E-state index in [1.165, 1.54) is 0 Å². The van der Waals surface area contributed by atoms with Gasteiger partial charge in [0.2, 0.25) is 15.9 Å². The van der Waals surface area contributed by atoms with Crippen molar-refractivity contribution >= 4 is 22.0 Å². The molecule has 112 valence electrons. The molecule has 1 heterocycles. The number of nitrogens with one attached hydrogen (secondary N) is 3. The largest absolute Gasteiger partial charge is 0.334 e. The minimum atomic E-state index is -3.41. The Morgan fingerprint density at radius 2 is 1.95 bits per heavy atom. The Hall–Kier alpha value is -1.15. The van der Waals surface area contributed by atoms with Gasteiger partial charge in [-0.1, -0.05) is 0 Å². The highest BCUT2D eigenvalue weighted by atomic mass is 32.2. The molecule has 3 unspecified atom stereocenters. The van der Waals surface area contributed by atoms with Crippen LogP contribution in [0.5, 0.6) is 0 Å². The summed E-state index contributed by atoms with van der Waals surface area (Å²) in [4.78, 5) is 23.1. The summed E-state index contributed by atoms with van der Waals surface area (Å²) in [5, 5.41) is 4.35. The highest BCUT2D eigenvalue weighted by Crippen LogP contribution is 2.37. The highest BCUT2D eigenvalue weighted by molar-refractivity contribution is 7.90. The number of amides is 3. The molecule has 0 aromatic heterocycles. The van der Waals surface area contributed by atoms with Gasteiger partial charge in [0.15, 0.2) is 0 Å². The Morgan fingerprint density at radius 1 is 1.25 bits per heavy atom. The molecular weight excluding hydrogens is 282 g/mol. The lowest BCUT2D eigenvalue weighted by Crippen LogP contribution is -2.61. The number of carbonyl (C=O) groups is 2. The second kappa shape index (κ2) is 4.42. The van der Waals surface area contributed by atoms with Crippen molar-refractivity contribution in [3.8, 4) is 0 Å². The molecule has 0 aromatic rings. The van der Waals surface area contributed by atoms with Crippen molar-refractivity contribution in [3.05, 3.63) is 0 Å². The van der Waals surface area contributed by atoms with Crippen LogP contribution in [0.1, 0.15) is 39.0 Å². The average Bonchev–Trinajstić information content (AvgIpc) is 3.05. The monoisotopic (exact) mass is 301 g/mol. The SMILES string of the molecule is CC1(NS(=O)(=O)C2CCC3NC(=O)NC(=O)C3C2)CC1. The van der Waals surface area contributed by atoms with E-state index in [4.69, 9.17) is 0 Å². The van der Waals surface area contributed by atoms with Gasteiger partial charge >= 0.3 is 6.03 Å². The Bertz CT molecular complexity index is 555. The van der Waals surface area contributed by atoms with E-state index in [0.717, 1.165) is 12.8 Å². The van der Waals surface area contributed by atoms with Gasteiger partial charge in [0.1, 0.15) is 0 Å². The van der Waals surface area contributed by atoms with Crippen molar-refractivity contribution < 1.29 is 18.0 Å². The molecule has 1 saturated heterocycles. The quantitative estimate of drug-likeness (QED) is 0.673. The second-order valence-corrected chi connectivity index (χ2v) is 8.28. The standard InChI is InChI=1S/C12H19N3O4S/c1-12(4-5-12)15-20(18,19)7-2-3-9-8(6-7)10(16)14-11(17)13-9/h7-9,15H,2-6H2,1H3,(H2,13,14,16,17). The number of hydrogen-bond acceptors (Lipinski definition) is 4. The summed E-state index contributed by atoms with van der Waals surface area (Å²) in [6, 6.07) is -0.722. The fourth-order valence-corrected chi connectivity index (χ4v) is 4.97. The molecule has 3 fully saturated rings. The molecule has 20 heavy (non-hydrogen) atoms. The van der Waals surface area contributed by atoms with Crippen molar-refractivity contribution in [2.45, 2.75) is 55.9 Å². The number of sulfonamides is 1. The third-order valence-electron chi connectivity index (χ3n) is 4.52. The molecular formula is C12H19N3O4S. The summed E-state index contributed by atoms with van der Waals surface area (Å²) in [5.74, 6) is -0.814. The van der Waals surface area contributed by atoms with Crippen LogP contribution in [0.4, 0.5) is 4.79 Å². The Balaban J connectivity index is 1.71. The molecule has 0 bridgehead atoms. The van der Waals surface area contributed by atoms with Gasteiger partial charge < -0.3 is 5.32 Å². The van der Waals surface area contributed by atoms with Gasteiger partial charge in [0.25, 0.3) is 0 Å².